The molecule has 2 atom stereocenters. The zero-order valence-electron chi connectivity index (χ0n) is 12.2. The van der Waals surface area contributed by atoms with E-state index in [-0.39, 0.29) is 30.9 Å². The summed E-state index contributed by atoms with van der Waals surface area (Å²) >= 11 is 0. The standard InChI is InChI=1S/C16H20N2O4/c19-14-9-22-8-13(18-14)15(20)10-4-6-12(7-5-10)17-16(21)11-2-1-3-11/h4-7,11,13,15,20H,1-3,8-9H2,(H,17,21)(H,18,19)/t13-,15-/m1/s1. The Morgan fingerprint density at radius 1 is 1.32 bits per heavy atom. The Bertz CT molecular complexity index is 554. The van der Waals surface area contributed by atoms with Crippen molar-refractivity contribution in [1.82, 2.24) is 5.32 Å². The zero-order chi connectivity index (χ0) is 15.5. The van der Waals surface area contributed by atoms with Gasteiger partial charge < -0.3 is 20.5 Å². The Hall–Kier alpha value is -1.92. The van der Waals surface area contributed by atoms with Crippen LogP contribution in [-0.4, -0.2) is 36.2 Å². The first-order valence-electron chi connectivity index (χ1n) is 7.59. The Balaban J connectivity index is 1.60. The van der Waals surface area contributed by atoms with Crippen molar-refractivity contribution in [3.05, 3.63) is 29.8 Å². The normalized spacial score (nSPS) is 23.3. The Morgan fingerprint density at radius 3 is 2.64 bits per heavy atom. The van der Waals surface area contributed by atoms with Crippen LogP contribution >= 0.6 is 0 Å². The average molecular weight is 304 g/mol. The van der Waals surface area contributed by atoms with E-state index in [0.29, 0.717) is 5.56 Å². The molecule has 6 nitrogen and oxygen atoms in total. The molecule has 22 heavy (non-hydrogen) atoms. The van der Waals surface area contributed by atoms with E-state index in [4.69, 9.17) is 4.74 Å². The molecule has 3 N–H and O–H groups in total. The number of ether oxygens (including phenoxy) is 1. The van der Waals surface area contributed by atoms with Crippen molar-refractivity contribution in [2.75, 3.05) is 18.5 Å². The Labute approximate surface area is 128 Å². The lowest BCUT2D eigenvalue weighted by Crippen LogP contribution is -2.48. The molecule has 3 rings (SSSR count). The fraction of sp³-hybridized carbons (Fsp3) is 0.500. The molecule has 0 radical (unpaired) electrons. The zero-order valence-corrected chi connectivity index (χ0v) is 12.2. The molecular formula is C16H20N2O4. The quantitative estimate of drug-likeness (QED) is 0.773. The lowest BCUT2D eigenvalue weighted by Gasteiger charge is -2.28. The third-order valence-corrected chi connectivity index (χ3v) is 4.25. The van der Waals surface area contributed by atoms with Gasteiger partial charge in [0.2, 0.25) is 11.8 Å². The van der Waals surface area contributed by atoms with Gasteiger partial charge in [0.1, 0.15) is 12.7 Å². The maximum absolute atomic E-state index is 11.9. The van der Waals surface area contributed by atoms with Gasteiger partial charge in [-0.05, 0) is 30.5 Å². The molecule has 1 saturated carbocycles. The summed E-state index contributed by atoms with van der Waals surface area (Å²) in [6.07, 6.45) is 2.22. The Kier molecular flexibility index (Phi) is 4.40. The number of aliphatic hydroxyl groups is 1. The molecule has 0 aromatic heterocycles. The fourth-order valence-corrected chi connectivity index (χ4v) is 2.65. The minimum atomic E-state index is -0.833. The molecule has 2 amide bonds. The van der Waals surface area contributed by atoms with Crippen molar-refractivity contribution in [2.24, 2.45) is 5.92 Å². The molecule has 6 heteroatoms. The van der Waals surface area contributed by atoms with Crippen molar-refractivity contribution in [3.8, 4) is 0 Å². The third kappa shape index (κ3) is 3.28. The van der Waals surface area contributed by atoms with E-state index in [1.807, 2.05) is 0 Å². The number of rotatable bonds is 4. The predicted molar refractivity (Wildman–Crippen MR) is 80.1 cm³/mol. The third-order valence-electron chi connectivity index (χ3n) is 4.25. The van der Waals surface area contributed by atoms with Crippen LogP contribution < -0.4 is 10.6 Å². The minimum Gasteiger partial charge on any atom is -0.386 e. The number of aliphatic hydroxyl groups excluding tert-OH is 1. The first kappa shape index (κ1) is 15.0. The number of morpholine rings is 1. The first-order valence-corrected chi connectivity index (χ1v) is 7.59. The van der Waals surface area contributed by atoms with Crippen molar-refractivity contribution in [3.63, 3.8) is 0 Å². The first-order chi connectivity index (χ1) is 10.6. The summed E-state index contributed by atoms with van der Waals surface area (Å²) in [5, 5.41) is 15.9. The van der Waals surface area contributed by atoms with E-state index in [0.717, 1.165) is 24.9 Å². The molecule has 1 aromatic carbocycles. The lowest BCUT2D eigenvalue weighted by atomic mass is 9.85. The van der Waals surface area contributed by atoms with Crippen LogP contribution in [0.15, 0.2) is 24.3 Å². The highest BCUT2D eigenvalue weighted by atomic mass is 16.5. The molecule has 1 aliphatic carbocycles. The molecule has 1 saturated heterocycles. The van der Waals surface area contributed by atoms with E-state index in [1.165, 1.54) is 0 Å². The van der Waals surface area contributed by atoms with Gasteiger partial charge in [0, 0.05) is 11.6 Å². The van der Waals surface area contributed by atoms with Crippen LogP contribution in [0.25, 0.3) is 0 Å². The highest BCUT2D eigenvalue weighted by molar-refractivity contribution is 5.93. The van der Waals surface area contributed by atoms with Crippen LogP contribution in [-0.2, 0) is 14.3 Å². The molecule has 1 aromatic rings. The summed E-state index contributed by atoms with van der Waals surface area (Å²) in [5.41, 5.74) is 1.40. The van der Waals surface area contributed by atoms with E-state index < -0.39 is 12.1 Å². The molecule has 0 spiro atoms. The number of anilines is 1. The number of hydrogen-bond donors (Lipinski definition) is 3. The molecule has 0 bridgehead atoms. The van der Waals surface area contributed by atoms with Crippen LogP contribution in [0.3, 0.4) is 0 Å². The monoisotopic (exact) mass is 304 g/mol. The number of amides is 2. The minimum absolute atomic E-state index is 0.0371. The molecular weight excluding hydrogens is 284 g/mol. The van der Waals surface area contributed by atoms with Gasteiger partial charge in [-0.2, -0.15) is 0 Å². The molecule has 1 heterocycles. The number of carbonyl (C=O) groups is 2. The second kappa shape index (κ2) is 6.46. The summed E-state index contributed by atoms with van der Waals surface area (Å²) < 4.78 is 5.13. The van der Waals surface area contributed by atoms with Gasteiger partial charge in [-0.25, -0.2) is 0 Å². The highest BCUT2D eigenvalue weighted by Crippen LogP contribution is 2.28. The van der Waals surface area contributed by atoms with Crippen LogP contribution in [0.5, 0.6) is 0 Å². The molecule has 1 aliphatic heterocycles. The van der Waals surface area contributed by atoms with Crippen molar-refractivity contribution >= 4 is 17.5 Å². The molecule has 0 unspecified atom stereocenters. The van der Waals surface area contributed by atoms with E-state index >= 15 is 0 Å². The van der Waals surface area contributed by atoms with Crippen molar-refractivity contribution in [2.45, 2.75) is 31.4 Å². The second-order valence-electron chi connectivity index (χ2n) is 5.87. The highest BCUT2D eigenvalue weighted by Gasteiger charge is 2.27. The number of hydrogen-bond acceptors (Lipinski definition) is 4. The maximum atomic E-state index is 11.9. The summed E-state index contributed by atoms with van der Waals surface area (Å²) in [6, 6.07) is 6.59. The predicted octanol–water partition coefficient (Wildman–Crippen LogP) is 0.974. The fourth-order valence-electron chi connectivity index (χ4n) is 2.65. The number of nitrogens with one attached hydrogen (secondary N) is 2. The van der Waals surface area contributed by atoms with Crippen molar-refractivity contribution in [1.29, 1.82) is 0 Å². The second-order valence-corrected chi connectivity index (χ2v) is 5.87. The van der Waals surface area contributed by atoms with Gasteiger partial charge in [0.05, 0.1) is 12.6 Å². The summed E-state index contributed by atoms with van der Waals surface area (Å²) in [5.74, 6) is -0.0213. The summed E-state index contributed by atoms with van der Waals surface area (Å²) in [7, 11) is 0. The molecule has 2 aliphatic rings. The van der Waals surface area contributed by atoms with Crippen LogP contribution in [0.1, 0.15) is 30.9 Å². The lowest BCUT2D eigenvalue weighted by molar-refractivity contribution is -0.133. The van der Waals surface area contributed by atoms with Crippen LogP contribution in [0.2, 0.25) is 0 Å². The SMILES string of the molecule is O=C1COC[C@H]([C@H](O)c2ccc(NC(=O)C3CCC3)cc2)N1. The van der Waals surface area contributed by atoms with Gasteiger partial charge in [0.25, 0.3) is 0 Å². The summed E-state index contributed by atoms with van der Waals surface area (Å²) in [6.45, 7) is 0.322. The Morgan fingerprint density at radius 2 is 2.05 bits per heavy atom. The van der Waals surface area contributed by atoms with Crippen LogP contribution in [0, 0.1) is 5.92 Å². The van der Waals surface area contributed by atoms with Gasteiger partial charge >= 0.3 is 0 Å². The maximum Gasteiger partial charge on any atom is 0.246 e. The van der Waals surface area contributed by atoms with Gasteiger partial charge in [0.15, 0.2) is 0 Å². The van der Waals surface area contributed by atoms with E-state index in [9.17, 15) is 14.7 Å². The van der Waals surface area contributed by atoms with E-state index in [1.54, 1.807) is 24.3 Å². The largest absolute Gasteiger partial charge is 0.386 e. The smallest absolute Gasteiger partial charge is 0.246 e. The molecule has 118 valence electrons. The molecule has 2 fully saturated rings. The van der Waals surface area contributed by atoms with Crippen molar-refractivity contribution < 1.29 is 19.4 Å². The van der Waals surface area contributed by atoms with Crippen LogP contribution in [0.4, 0.5) is 5.69 Å². The average Bonchev–Trinajstić information content (AvgIpc) is 2.45. The summed E-state index contributed by atoms with van der Waals surface area (Å²) in [4.78, 5) is 23.2. The van der Waals surface area contributed by atoms with Gasteiger partial charge in [-0.1, -0.05) is 18.6 Å². The number of carbonyl (C=O) groups excluding carboxylic acids is 2. The van der Waals surface area contributed by atoms with E-state index in [2.05, 4.69) is 10.6 Å². The van der Waals surface area contributed by atoms with Gasteiger partial charge in [-0.15, -0.1) is 0 Å². The van der Waals surface area contributed by atoms with Gasteiger partial charge in [-0.3, -0.25) is 9.59 Å². The number of benzene rings is 1. The topological polar surface area (TPSA) is 87.7 Å².